The van der Waals surface area contributed by atoms with Crippen molar-refractivity contribution in [3.63, 3.8) is 0 Å². The number of nitrogens with zero attached hydrogens (tertiary/aromatic N) is 4. The number of benzene rings is 3. The molecule has 6 rings (SSSR count). The molecule has 3 aliphatic heterocycles. The summed E-state index contributed by atoms with van der Waals surface area (Å²) in [4.78, 5) is 45.3. The molecule has 0 radical (unpaired) electrons. The fourth-order valence-electron chi connectivity index (χ4n) is 6.82. The number of fused-ring (bicyclic) bond motifs is 2. The SMILES string of the molecule is COc1cccc(CCC(=O)N2C3CN(Cc4cccc5c4NCC5)C(=O)[C@H](Cc4ccc(O)cc4)N3C(=O)CN2C)c1OC. The highest BCUT2D eigenvalue weighted by Crippen LogP contribution is 2.34. The molecular formula is C34H39N5O6. The number of aryl methyl sites for hydroxylation is 1. The third-order valence-electron chi connectivity index (χ3n) is 8.95. The van der Waals surface area contributed by atoms with E-state index in [2.05, 4.69) is 11.4 Å². The van der Waals surface area contributed by atoms with Crippen LogP contribution >= 0.6 is 0 Å². The van der Waals surface area contributed by atoms with Gasteiger partial charge in [0.2, 0.25) is 17.7 Å². The summed E-state index contributed by atoms with van der Waals surface area (Å²) >= 11 is 0. The molecule has 11 heteroatoms. The van der Waals surface area contributed by atoms with Crippen LogP contribution in [0.1, 0.15) is 28.7 Å². The summed E-state index contributed by atoms with van der Waals surface area (Å²) in [6, 6.07) is 17.6. The van der Waals surface area contributed by atoms with E-state index in [0.717, 1.165) is 35.3 Å². The lowest BCUT2D eigenvalue weighted by Crippen LogP contribution is -2.75. The summed E-state index contributed by atoms with van der Waals surface area (Å²) < 4.78 is 11.0. The highest BCUT2D eigenvalue weighted by molar-refractivity contribution is 5.92. The fourth-order valence-corrected chi connectivity index (χ4v) is 6.82. The van der Waals surface area contributed by atoms with Gasteiger partial charge in [0.15, 0.2) is 11.5 Å². The molecule has 2 fully saturated rings. The smallest absolute Gasteiger partial charge is 0.246 e. The molecule has 0 saturated carbocycles. The van der Waals surface area contributed by atoms with Crippen LogP contribution in [0.5, 0.6) is 17.2 Å². The summed E-state index contributed by atoms with van der Waals surface area (Å²) in [5.41, 5.74) is 4.93. The van der Waals surface area contributed by atoms with E-state index in [1.165, 1.54) is 5.56 Å². The molecule has 2 saturated heterocycles. The molecule has 0 aromatic heterocycles. The maximum atomic E-state index is 14.2. The van der Waals surface area contributed by atoms with E-state index >= 15 is 0 Å². The van der Waals surface area contributed by atoms with Crippen molar-refractivity contribution in [2.45, 2.75) is 44.4 Å². The number of phenols is 1. The maximum Gasteiger partial charge on any atom is 0.246 e. The molecule has 3 aliphatic rings. The van der Waals surface area contributed by atoms with E-state index in [4.69, 9.17) is 9.47 Å². The first-order valence-electron chi connectivity index (χ1n) is 15.2. The highest BCUT2D eigenvalue weighted by Gasteiger charge is 2.50. The summed E-state index contributed by atoms with van der Waals surface area (Å²) in [5, 5.41) is 16.6. The average Bonchev–Trinajstić information content (AvgIpc) is 3.52. The van der Waals surface area contributed by atoms with Crippen molar-refractivity contribution in [2.75, 3.05) is 46.2 Å². The topological polar surface area (TPSA) is 115 Å². The van der Waals surface area contributed by atoms with Crippen molar-refractivity contribution in [1.29, 1.82) is 0 Å². The minimum atomic E-state index is -0.812. The molecule has 3 heterocycles. The summed E-state index contributed by atoms with van der Waals surface area (Å²) in [6.07, 6.45) is 1.08. The van der Waals surface area contributed by atoms with E-state index in [1.807, 2.05) is 30.3 Å². The summed E-state index contributed by atoms with van der Waals surface area (Å²) in [6.45, 7) is 1.35. The Morgan fingerprint density at radius 3 is 2.51 bits per heavy atom. The van der Waals surface area contributed by atoms with E-state index in [-0.39, 0.29) is 49.4 Å². The van der Waals surface area contributed by atoms with Crippen LogP contribution in [0.25, 0.3) is 0 Å². The molecule has 11 nitrogen and oxygen atoms in total. The standard InChI is InChI=1S/C34H39N5O6/c1-36-21-31(42)38-27(18-22-10-13-26(40)14-11-22)34(43)37(19-25-8-4-6-23-16-17-35-32(23)25)20-29(38)39(36)30(41)15-12-24-7-5-9-28(44-2)33(24)45-3/h4-11,13-14,27,29,35,40H,12,15-21H2,1-3H3/t27-,29?/m0/s1. The molecule has 0 spiro atoms. The number of ether oxygens (including phenoxy) is 2. The van der Waals surface area contributed by atoms with Crippen LogP contribution in [-0.2, 0) is 40.2 Å². The first kappa shape index (κ1) is 30.3. The third-order valence-corrected chi connectivity index (χ3v) is 8.95. The molecule has 2 atom stereocenters. The van der Waals surface area contributed by atoms with Gasteiger partial charge in [-0.05, 0) is 53.3 Å². The number of nitrogens with one attached hydrogen (secondary N) is 1. The van der Waals surface area contributed by atoms with Gasteiger partial charge in [-0.1, -0.05) is 42.5 Å². The number of rotatable bonds is 9. The number of phenolic OH excluding ortho intramolecular Hbond substituents is 1. The second-order valence-corrected chi connectivity index (χ2v) is 11.7. The molecule has 2 N–H and O–H groups in total. The molecule has 1 unspecified atom stereocenters. The van der Waals surface area contributed by atoms with Gasteiger partial charge in [-0.2, -0.15) is 0 Å². The number of para-hydroxylation sites is 2. The van der Waals surface area contributed by atoms with Gasteiger partial charge >= 0.3 is 0 Å². The van der Waals surface area contributed by atoms with Gasteiger partial charge < -0.3 is 29.7 Å². The van der Waals surface area contributed by atoms with Crippen LogP contribution in [-0.4, -0.2) is 95.8 Å². The lowest BCUT2D eigenvalue weighted by atomic mass is 9.97. The number of hydrazine groups is 1. The number of methoxy groups -OCH3 is 2. The quantitative estimate of drug-likeness (QED) is 0.379. The molecule has 3 aromatic carbocycles. The number of aromatic hydroxyl groups is 1. The van der Waals surface area contributed by atoms with Gasteiger partial charge in [0, 0.05) is 38.7 Å². The van der Waals surface area contributed by atoms with E-state index in [1.54, 1.807) is 65.4 Å². The molecule has 45 heavy (non-hydrogen) atoms. The first-order valence-corrected chi connectivity index (χ1v) is 15.2. The number of hydrogen-bond donors (Lipinski definition) is 2. The van der Waals surface area contributed by atoms with Crippen LogP contribution in [0.15, 0.2) is 60.7 Å². The monoisotopic (exact) mass is 613 g/mol. The molecule has 3 aromatic rings. The number of hydrogen-bond acceptors (Lipinski definition) is 8. The van der Waals surface area contributed by atoms with Gasteiger partial charge in [-0.25, -0.2) is 5.01 Å². The van der Waals surface area contributed by atoms with E-state index in [9.17, 15) is 19.5 Å². The predicted molar refractivity (Wildman–Crippen MR) is 168 cm³/mol. The minimum Gasteiger partial charge on any atom is -0.508 e. The van der Waals surface area contributed by atoms with Crippen molar-refractivity contribution in [2.24, 2.45) is 0 Å². The Morgan fingerprint density at radius 2 is 1.76 bits per heavy atom. The Bertz CT molecular complexity index is 1590. The fraction of sp³-hybridized carbons (Fsp3) is 0.382. The van der Waals surface area contributed by atoms with Gasteiger partial charge in [-0.15, -0.1) is 0 Å². The van der Waals surface area contributed by atoms with Gasteiger partial charge in [0.1, 0.15) is 18.0 Å². The van der Waals surface area contributed by atoms with Crippen LogP contribution < -0.4 is 14.8 Å². The lowest BCUT2D eigenvalue weighted by Gasteiger charge is -2.54. The molecule has 236 valence electrons. The zero-order valence-corrected chi connectivity index (χ0v) is 25.9. The number of anilines is 1. The second-order valence-electron chi connectivity index (χ2n) is 11.7. The first-order chi connectivity index (χ1) is 21.8. The van der Waals surface area contributed by atoms with Crippen molar-refractivity contribution in [3.05, 3.63) is 82.9 Å². The summed E-state index contributed by atoms with van der Waals surface area (Å²) in [5.74, 6) is 0.767. The van der Waals surface area contributed by atoms with Crippen LogP contribution in [0.2, 0.25) is 0 Å². The van der Waals surface area contributed by atoms with Crippen molar-refractivity contribution in [1.82, 2.24) is 19.8 Å². The molecular weight excluding hydrogens is 574 g/mol. The lowest BCUT2D eigenvalue weighted by molar-refractivity contribution is -0.202. The zero-order valence-electron chi connectivity index (χ0n) is 25.9. The second kappa shape index (κ2) is 12.7. The third kappa shape index (κ3) is 5.87. The van der Waals surface area contributed by atoms with Crippen molar-refractivity contribution < 1.29 is 29.0 Å². The van der Waals surface area contributed by atoms with E-state index < -0.39 is 12.2 Å². The number of piperazine rings is 1. The Labute approximate surface area is 262 Å². The zero-order chi connectivity index (χ0) is 31.7. The molecule has 3 amide bonds. The minimum absolute atomic E-state index is 0.0276. The summed E-state index contributed by atoms with van der Waals surface area (Å²) in [7, 11) is 4.89. The number of carbonyl (C=O) groups is 3. The van der Waals surface area contributed by atoms with Crippen LogP contribution in [0, 0.1) is 0 Å². The van der Waals surface area contributed by atoms with Gasteiger partial charge in [0.25, 0.3) is 0 Å². The normalized spacial score (nSPS) is 19.7. The number of carbonyl (C=O) groups excluding carboxylic acids is 3. The Kier molecular flexibility index (Phi) is 8.53. The van der Waals surface area contributed by atoms with Crippen LogP contribution in [0.3, 0.4) is 0 Å². The Morgan fingerprint density at radius 1 is 1.00 bits per heavy atom. The Balaban J connectivity index is 1.31. The van der Waals surface area contributed by atoms with E-state index in [0.29, 0.717) is 24.5 Å². The van der Waals surface area contributed by atoms with Gasteiger partial charge in [-0.3, -0.25) is 19.4 Å². The molecule has 0 aliphatic carbocycles. The highest BCUT2D eigenvalue weighted by atomic mass is 16.5. The van der Waals surface area contributed by atoms with Crippen LogP contribution in [0.4, 0.5) is 5.69 Å². The largest absolute Gasteiger partial charge is 0.508 e. The van der Waals surface area contributed by atoms with Gasteiger partial charge in [0.05, 0.1) is 27.3 Å². The van der Waals surface area contributed by atoms with Crippen molar-refractivity contribution >= 4 is 23.4 Å². The number of amides is 3. The average molecular weight is 614 g/mol. The van der Waals surface area contributed by atoms with Crippen molar-refractivity contribution in [3.8, 4) is 17.2 Å². The number of likely N-dealkylation sites (N-methyl/N-ethyl adjacent to an activating group) is 1. The molecule has 0 bridgehead atoms. The maximum absolute atomic E-state index is 14.2. The predicted octanol–water partition coefficient (Wildman–Crippen LogP) is 2.81. The Hall–Kier alpha value is -4.77.